The summed E-state index contributed by atoms with van der Waals surface area (Å²) in [5.74, 6) is -1.04. The molecular weight excluding hydrogens is 503 g/mol. The van der Waals surface area contributed by atoms with Crippen molar-refractivity contribution in [3.05, 3.63) is 53.3 Å². The number of amides is 2. The molecule has 0 fully saturated rings. The van der Waals surface area contributed by atoms with Gasteiger partial charge in [-0.15, -0.1) is 0 Å². The Morgan fingerprint density at radius 1 is 1.03 bits per heavy atom. The van der Waals surface area contributed by atoms with Gasteiger partial charge in [0.1, 0.15) is 17.3 Å². The van der Waals surface area contributed by atoms with Crippen LogP contribution in [0.4, 0.5) is 4.39 Å². The Kier molecular flexibility index (Phi) is 11.2. The molecule has 0 aromatic heterocycles. The van der Waals surface area contributed by atoms with Gasteiger partial charge in [-0.2, -0.15) is 0 Å². The Bertz CT molecular complexity index is 1100. The van der Waals surface area contributed by atoms with Gasteiger partial charge in [-0.1, -0.05) is 18.5 Å². The lowest BCUT2D eigenvalue weighted by atomic mass is 10.2. The highest BCUT2D eigenvalue weighted by atomic mass is 35.5. The summed E-state index contributed by atoms with van der Waals surface area (Å²) in [5, 5.41) is 14.9. The highest BCUT2D eigenvalue weighted by Gasteiger charge is 2.13. The predicted octanol–water partition coefficient (Wildman–Crippen LogP) is 2.10. The van der Waals surface area contributed by atoms with Crippen molar-refractivity contribution in [2.75, 3.05) is 32.1 Å². The van der Waals surface area contributed by atoms with Crippen molar-refractivity contribution in [2.24, 2.45) is 0 Å². The Hall–Kier alpha value is -2.89. The number of nitrogens with one attached hydrogen (secondary N) is 2. The molecular formula is C23H28ClFN2O7S. The molecule has 0 bridgehead atoms. The summed E-state index contributed by atoms with van der Waals surface area (Å²) in [5.41, 5.74) is 0. The van der Waals surface area contributed by atoms with Gasteiger partial charge in [0.15, 0.2) is 23.1 Å². The summed E-state index contributed by atoms with van der Waals surface area (Å²) in [7, 11) is -3.32. The zero-order valence-corrected chi connectivity index (χ0v) is 20.7. The third kappa shape index (κ3) is 10.1. The molecule has 0 saturated heterocycles. The highest BCUT2D eigenvalue weighted by molar-refractivity contribution is 7.91. The summed E-state index contributed by atoms with van der Waals surface area (Å²) < 4.78 is 47.8. The molecule has 0 spiro atoms. The van der Waals surface area contributed by atoms with Crippen LogP contribution in [-0.2, 0) is 19.4 Å². The van der Waals surface area contributed by atoms with Crippen LogP contribution in [0.15, 0.2) is 47.4 Å². The highest BCUT2D eigenvalue weighted by Crippen LogP contribution is 2.20. The molecule has 1 atom stereocenters. The minimum absolute atomic E-state index is 0.0577. The smallest absolute Gasteiger partial charge is 0.258 e. The largest absolute Gasteiger partial charge is 0.484 e. The molecule has 192 valence electrons. The standard InChI is InChI=1S/C23H28ClFN2O7S/c1-2-11-35(31,32)19-6-3-17(4-7-19)33-14-22(29)26-10-9-16(28)13-27-23(30)15-34-18-5-8-20(24)21(25)12-18/h3-8,12,16,28H,2,9-11,13-15H2,1H3,(H,26,29)(H,27,30)/t16-/m0/s1. The average molecular weight is 531 g/mol. The number of sulfone groups is 1. The van der Waals surface area contributed by atoms with Crippen molar-refractivity contribution in [2.45, 2.75) is 30.8 Å². The maximum absolute atomic E-state index is 13.3. The molecule has 12 heteroatoms. The molecule has 2 rings (SSSR count). The third-order valence-electron chi connectivity index (χ3n) is 4.62. The van der Waals surface area contributed by atoms with Gasteiger partial charge in [-0.05, 0) is 49.2 Å². The number of hydrogen-bond acceptors (Lipinski definition) is 7. The number of hydrogen-bond donors (Lipinski definition) is 3. The van der Waals surface area contributed by atoms with Crippen LogP contribution in [0.5, 0.6) is 11.5 Å². The Balaban J connectivity index is 1.60. The van der Waals surface area contributed by atoms with E-state index in [1.807, 2.05) is 0 Å². The van der Waals surface area contributed by atoms with Crippen molar-refractivity contribution in [3.63, 3.8) is 0 Å². The summed E-state index contributed by atoms with van der Waals surface area (Å²) in [6.45, 7) is 1.22. The summed E-state index contributed by atoms with van der Waals surface area (Å²) >= 11 is 5.57. The van der Waals surface area contributed by atoms with Crippen molar-refractivity contribution < 1.29 is 37.0 Å². The van der Waals surface area contributed by atoms with E-state index in [1.165, 1.54) is 36.4 Å². The Labute approximate surface area is 208 Å². The van der Waals surface area contributed by atoms with Crippen LogP contribution in [0.3, 0.4) is 0 Å². The molecule has 0 aliphatic heterocycles. The van der Waals surface area contributed by atoms with Crippen molar-refractivity contribution in [3.8, 4) is 11.5 Å². The second-order valence-electron chi connectivity index (χ2n) is 7.54. The number of aliphatic hydroxyl groups is 1. The molecule has 0 heterocycles. The van der Waals surface area contributed by atoms with E-state index in [-0.39, 0.29) is 54.1 Å². The van der Waals surface area contributed by atoms with E-state index in [2.05, 4.69) is 10.6 Å². The lowest BCUT2D eigenvalue weighted by Gasteiger charge is -2.13. The number of halogens is 2. The summed E-state index contributed by atoms with van der Waals surface area (Å²) in [4.78, 5) is 23.9. The zero-order valence-electron chi connectivity index (χ0n) is 19.1. The molecule has 0 aliphatic carbocycles. The molecule has 2 aromatic carbocycles. The number of aliphatic hydroxyl groups excluding tert-OH is 1. The molecule has 0 saturated carbocycles. The molecule has 0 radical (unpaired) electrons. The van der Waals surface area contributed by atoms with Crippen molar-refractivity contribution in [1.29, 1.82) is 0 Å². The van der Waals surface area contributed by atoms with Gasteiger partial charge < -0.3 is 25.2 Å². The van der Waals surface area contributed by atoms with Crippen molar-refractivity contribution in [1.82, 2.24) is 10.6 Å². The fourth-order valence-corrected chi connectivity index (χ4v) is 4.25. The van der Waals surface area contributed by atoms with Gasteiger partial charge in [0.25, 0.3) is 11.8 Å². The van der Waals surface area contributed by atoms with Crippen LogP contribution < -0.4 is 20.1 Å². The summed E-state index contributed by atoms with van der Waals surface area (Å²) in [6.07, 6.45) is -0.215. The van der Waals surface area contributed by atoms with Crippen LogP contribution in [0.25, 0.3) is 0 Å². The molecule has 2 aromatic rings. The maximum Gasteiger partial charge on any atom is 0.258 e. The second-order valence-corrected chi connectivity index (χ2v) is 10.1. The maximum atomic E-state index is 13.3. The number of carbonyl (C=O) groups excluding carboxylic acids is 2. The lowest BCUT2D eigenvalue weighted by molar-refractivity contribution is -0.124. The first kappa shape index (κ1) is 28.3. The van der Waals surface area contributed by atoms with E-state index in [0.717, 1.165) is 6.07 Å². The number of benzene rings is 2. The first-order valence-electron chi connectivity index (χ1n) is 10.9. The average Bonchev–Trinajstić information content (AvgIpc) is 2.82. The fraction of sp³-hybridized carbons (Fsp3) is 0.391. The topological polar surface area (TPSA) is 131 Å². The van der Waals surface area contributed by atoms with E-state index < -0.39 is 33.6 Å². The van der Waals surface area contributed by atoms with Gasteiger partial charge in [0, 0.05) is 19.2 Å². The van der Waals surface area contributed by atoms with Crippen LogP contribution in [0.2, 0.25) is 5.02 Å². The minimum Gasteiger partial charge on any atom is -0.484 e. The Morgan fingerprint density at radius 2 is 1.63 bits per heavy atom. The third-order valence-corrected chi connectivity index (χ3v) is 6.86. The van der Waals surface area contributed by atoms with E-state index in [4.69, 9.17) is 21.1 Å². The van der Waals surface area contributed by atoms with E-state index >= 15 is 0 Å². The van der Waals surface area contributed by atoms with Crippen LogP contribution in [0.1, 0.15) is 19.8 Å². The SMILES string of the molecule is CCCS(=O)(=O)c1ccc(OCC(=O)NCC[C@H](O)CNC(=O)COc2ccc(Cl)c(F)c2)cc1. The van der Waals surface area contributed by atoms with Gasteiger partial charge in [-0.3, -0.25) is 9.59 Å². The molecule has 2 amide bonds. The molecule has 0 unspecified atom stereocenters. The minimum atomic E-state index is -3.32. The molecule has 0 aliphatic rings. The van der Waals surface area contributed by atoms with Gasteiger partial charge in [0.05, 0.1) is 21.8 Å². The molecule has 3 N–H and O–H groups in total. The quantitative estimate of drug-likeness (QED) is 0.341. The number of carbonyl (C=O) groups is 2. The lowest BCUT2D eigenvalue weighted by Crippen LogP contribution is -2.37. The van der Waals surface area contributed by atoms with Gasteiger partial charge >= 0.3 is 0 Å². The van der Waals surface area contributed by atoms with E-state index in [0.29, 0.717) is 12.2 Å². The second kappa shape index (κ2) is 13.9. The van der Waals surface area contributed by atoms with E-state index in [1.54, 1.807) is 6.92 Å². The normalized spacial score (nSPS) is 12.0. The Morgan fingerprint density at radius 3 is 2.26 bits per heavy atom. The number of rotatable bonds is 14. The zero-order chi connectivity index (χ0) is 25.8. The monoisotopic (exact) mass is 530 g/mol. The predicted molar refractivity (Wildman–Crippen MR) is 128 cm³/mol. The van der Waals surface area contributed by atoms with Gasteiger partial charge in [-0.25, -0.2) is 12.8 Å². The van der Waals surface area contributed by atoms with Gasteiger partial charge in [0.2, 0.25) is 0 Å². The molecule has 35 heavy (non-hydrogen) atoms. The van der Waals surface area contributed by atoms with Crippen LogP contribution >= 0.6 is 11.6 Å². The van der Waals surface area contributed by atoms with E-state index in [9.17, 15) is 27.5 Å². The van der Waals surface area contributed by atoms with Crippen LogP contribution in [-0.4, -0.2) is 63.5 Å². The summed E-state index contributed by atoms with van der Waals surface area (Å²) in [6, 6.07) is 9.62. The first-order chi connectivity index (χ1) is 16.6. The molecule has 9 nitrogen and oxygen atoms in total. The van der Waals surface area contributed by atoms with Crippen LogP contribution in [0, 0.1) is 5.82 Å². The van der Waals surface area contributed by atoms with Crippen molar-refractivity contribution >= 4 is 33.3 Å². The number of ether oxygens (including phenoxy) is 2. The first-order valence-corrected chi connectivity index (χ1v) is 12.9. The fourth-order valence-electron chi connectivity index (χ4n) is 2.81.